The number of carbonyl (C=O) groups excluding carboxylic acids is 1. The summed E-state index contributed by atoms with van der Waals surface area (Å²) in [7, 11) is -1.56. The smallest absolute Gasteiger partial charge is 0.444 e. The monoisotopic (exact) mass is 382 g/mol. The van der Waals surface area contributed by atoms with Gasteiger partial charge in [-0.2, -0.15) is 0 Å². The molecule has 10 heteroatoms. The van der Waals surface area contributed by atoms with Gasteiger partial charge in [-0.25, -0.2) is 4.79 Å². The van der Waals surface area contributed by atoms with Crippen LogP contribution in [0.3, 0.4) is 0 Å². The molecule has 1 rings (SSSR count). The number of amides is 1. The quantitative estimate of drug-likeness (QED) is 0.390. The van der Waals surface area contributed by atoms with E-state index < -0.39 is 34.9 Å². The molecule has 27 heavy (non-hydrogen) atoms. The van der Waals surface area contributed by atoms with Crippen molar-refractivity contribution in [2.75, 3.05) is 5.32 Å². The number of hydrogen-bond acceptors (Lipinski definition) is 7. The highest BCUT2D eigenvalue weighted by atomic mass is 16.6. The molecule has 150 valence electrons. The number of nitro groups is 1. The molecule has 0 heterocycles. The van der Waals surface area contributed by atoms with Gasteiger partial charge < -0.3 is 19.5 Å². The fourth-order valence-corrected chi connectivity index (χ4v) is 1.87. The third kappa shape index (κ3) is 6.81. The predicted molar refractivity (Wildman–Crippen MR) is 102 cm³/mol. The molecule has 3 N–H and O–H groups in total. The first-order valence-corrected chi connectivity index (χ1v) is 8.39. The largest absolute Gasteiger partial charge is 0.491 e. The second-order valence-electron chi connectivity index (χ2n) is 8.24. The number of hydrogen-bond donors (Lipinski definition) is 3. The van der Waals surface area contributed by atoms with Crippen molar-refractivity contribution in [1.29, 1.82) is 0 Å². The van der Waals surface area contributed by atoms with E-state index in [1.54, 1.807) is 34.6 Å². The Bertz CT molecular complexity index is 708. The van der Waals surface area contributed by atoms with Gasteiger partial charge in [0.1, 0.15) is 5.60 Å². The van der Waals surface area contributed by atoms with Gasteiger partial charge in [0.05, 0.1) is 21.8 Å². The van der Waals surface area contributed by atoms with Crippen LogP contribution in [0.2, 0.25) is 0 Å². The Morgan fingerprint density at radius 2 is 1.70 bits per heavy atom. The number of aliphatic hydroxyl groups is 1. The van der Waals surface area contributed by atoms with Gasteiger partial charge in [0.25, 0.3) is 5.69 Å². The molecule has 0 saturated carbocycles. The molecule has 0 radical (unpaired) electrons. The van der Waals surface area contributed by atoms with Crippen LogP contribution in [0.4, 0.5) is 16.2 Å². The van der Waals surface area contributed by atoms with Crippen LogP contribution < -0.4 is 10.8 Å². The van der Waals surface area contributed by atoms with Gasteiger partial charge in [-0.05, 0) is 60.0 Å². The topological polar surface area (TPSA) is 131 Å². The number of rotatable bonds is 6. The van der Waals surface area contributed by atoms with Crippen molar-refractivity contribution in [3.05, 3.63) is 28.3 Å². The van der Waals surface area contributed by atoms with Crippen molar-refractivity contribution in [2.24, 2.45) is 0 Å². The molecule has 0 unspecified atom stereocenters. The Labute approximate surface area is 159 Å². The molecule has 0 aromatic heterocycles. The summed E-state index contributed by atoms with van der Waals surface area (Å²) in [6.45, 7) is 11.2. The number of non-ortho nitro benzene ring substituents is 1. The summed E-state index contributed by atoms with van der Waals surface area (Å²) in [5, 5.41) is 34.1. The fourth-order valence-electron chi connectivity index (χ4n) is 1.87. The molecule has 0 spiro atoms. The minimum absolute atomic E-state index is 0.0487. The van der Waals surface area contributed by atoms with Crippen LogP contribution in [0.25, 0.3) is 0 Å². The lowest BCUT2D eigenvalue weighted by Crippen LogP contribution is -2.53. The zero-order valence-electron chi connectivity index (χ0n) is 16.7. The maximum Gasteiger partial charge on any atom is 0.491 e. The van der Waals surface area contributed by atoms with Gasteiger partial charge in [-0.1, -0.05) is 0 Å². The van der Waals surface area contributed by atoms with E-state index in [9.17, 15) is 25.0 Å². The summed E-state index contributed by atoms with van der Waals surface area (Å²) in [4.78, 5) is 22.5. The lowest BCUT2D eigenvalue weighted by molar-refractivity contribution is -0.384. The van der Waals surface area contributed by atoms with Crippen LogP contribution in [0, 0.1) is 10.1 Å². The molecule has 0 bridgehead atoms. The van der Waals surface area contributed by atoms with Gasteiger partial charge in [-0.3, -0.25) is 15.4 Å². The highest BCUT2D eigenvalue weighted by molar-refractivity contribution is 6.60. The summed E-state index contributed by atoms with van der Waals surface area (Å²) in [5.74, 6) is 0. The lowest BCUT2D eigenvalue weighted by atomic mass is 9.76. The molecule has 0 fully saturated rings. The maximum absolute atomic E-state index is 11.9. The van der Waals surface area contributed by atoms with E-state index in [-0.39, 0.29) is 16.8 Å². The molecule has 0 aliphatic rings. The SMILES string of the molecule is CC(C)(C)OC(=O)Nc1cc(B(O)OC(C)(C)C(C)(C)O)cc([N+](=O)[O-])c1. The molecule has 0 aliphatic heterocycles. The van der Waals surface area contributed by atoms with Crippen LogP contribution >= 0.6 is 0 Å². The zero-order chi connectivity index (χ0) is 21.2. The van der Waals surface area contributed by atoms with E-state index >= 15 is 0 Å². The molecule has 0 atom stereocenters. The van der Waals surface area contributed by atoms with E-state index in [0.29, 0.717) is 0 Å². The average Bonchev–Trinajstić information content (AvgIpc) is 2.42. The van der Waals surface area contributed by atoms with E-state index in [0.717, 1.165) is 12.1 Å². The van der Waals surface area contributed by atoms with Crippen LogP contribution in [-0.4, -0.2) is 45.1 Å². The first-order chi connectivity index (χ1) is 12.0. The highest BCUT2D eigenvalue weighted by Crippen LogP contribution is 2.26. The van der Waals surface area contributed by atoms with E-state index in [2.05, 4.69) is 5.32 Å². The van der Waals surface area contributed by atoms with Gasteiger partial charge in [0, 0.05) is 12.1 Å². The normalized spacial score (nSPS) is 12.5. The molecule has 1 aromatic carbocycles. The number of ether oxygens (including phenoxy) is 1. The number of anilines is 1. The minimum atomic E-state index is -1.56. The fraction of sp³-hybridized carbons (Fsp3) is 0.588. The van der Waals surface area contributed by atoms with Gasteiger partial charge >= 0.3 is 13.2 Å². The van der Waals surface area contributed by atoms with Crippen LogP contribution in [0.1, 0.15) is 48.5 Å². The highest BCUT2D eigenvalue weighted by Gasteiger charge is 2.40. The number of nitro benzene ring substituents is 1. The summed E-state index contributed by atoms with van der Waals surface area (Å²) < 4.78 is 10.6. The van der Waals surface area contributed by atoms with Crippen LogP contribution in [0.5, 0.6) is 0 Å². The Hall–Kier alpha value is -2.17. The van der Waals surface area contributed by atoms with E-state index in [1.165, 1.54) is 19.9 Å². The van der Waals surface area contributed by atoms with Gasteiger partial charge in [0.15, 0.2) is 0 Å². The molecule has 1 amide bonds. The van der Waals surface area contributed by atoms with Crippen molar-refractivity contribution in [3.63, 3.8) is 0 Å². The summed E-state index contributed by atoms with van der Waals surface area (Å²) in [6.07, 6.45) is -0.791. The summed E-state index contributed by atoms with van der Waals surface area (Å²) in [5.41, 5.74) is -3.42. The standard InChI is InChI=1S/C17H27BN2O7/c1-15(2,3)26-14(21)19-12-8-11(9-13(10-12)20(24)25)18(23)27-17(6,7)16(4,5)22/h8-10,22-23H,1-7H3,(H,19,21). The minimum Gasteiger partial charge on any atom is -0.444 e. The summed E-state index contributed by atoms with van der Waals surface area (Å²) in [6, 6.07) is 3.61. The molecular formula is C17H27BN2O7. The Kier molecular flexibility index (Phi) is 6.64. The number of nitrogens with zero attached hydrogens (tertiary/aromatic N) is 1. The first-order valence-electron chi connectivity index (χ1n) is 8.39. The third-order valence-electron chi connectivity index (χ3n) is 3.96. The second-order valence-corrected chi connectivity index (χ2v) is 8.24. The predicted octanol–water partition coefficient (Wildman–Crippen LogP) is 2.20. The van der Waals surface area contributed by atoms with Gasteiger partial charge in [0.2, 0.25) is 0 Å². The first kappa shape index (κ1) is 22.9. The molecule has 0 aliphatic carbocycles. The Morgan fingerprint density at radius 3 is 2.15 bits per heavy atom. The van der Waals surface area contributed by atoms with Crippen LogP contribution in [-0.2, 0) is 9.39 Å². The Morgan fingerprint density at radius 1 is 1.15 bits per heavy atom. The Balaban J connectivity index is 3.15. The summed E-state index contributed by atoms with van der Waals surface area (Å²) >= 11 is 0. The second kappa shape index (κ2) is 7.83. The van der Waals surface area contributed by atoms with Crippen molar-refractivity contribution < 1.29 is 29.2 Å². The molecular weight excluding hydrogens is 355 g/mol. The zero-order valence-corrected chi connectivity index (χ0v) is 16.7. The van der Waals surface area contributed by atoms with Crippen molar-refractivity contribution in [3.8, 4) is 0 Å². The maximum atomic E-state index is 11.9. The van der Waals surface area contributed by atoms with E-state index in [1.807, 2.05) is 0 Å². The average molecular weight is 382 g/mol. The lowest BCUT2D eigenvalue weighted by Gasteiger charge is -2.38. The number of carbonyl (C=O) groups is 1. The molecule has 1 aromatic rings. The van der Waals surface area contributed by atoms with Crippen molar-refractivity contribution in [2.45, 2.75) is 65.3 Å². The number of nitrogens with one attached hydrogen (secondary N) is 1. The van der Waals surface area contributed by atoms with E-state index in [4.69, 9.17) is 9.39 Å². The van der Waals surface area contributed by atoms with Crippen molar-refractivity contribution >= 4 is 30.0 Å². The van der Waals surface area contributed by atoms with Gasteiger partial charge in [-0.15, -0.1) is 0 Å². The number of benzene rings is 1. The molecule has 9 nitrogen and oxygen atoms in total. The van der Waals surface area contributed by atoms with Crippen LogP contribution in [0.15, 0.2) is 18.2 Å². The van der Waals surface area contributed by atoms with Crippen molar-refractivity contribution in [1.82, 2.24) is 0 Å². The molecule has 0 saturated heterocycles. The third-order valence-corrected chi connectivity index (χ3v) is 3.96.